The molecule has 3 heteroatoms. The van der Waals surface area contributed by atoms with Crippen LogP contribution in [0.1, 0.15) is 20.3 Å². The second-order valence-electron chi connectivity index (χ2n) is 4.98. The topological polar surface area (TPSA) is 34.1 Å². The minimum atomic E-state index is 0.506. The average Bonchev–Trinajstić information content (AvgIpc) is 2.45. The van der Waals surface area contributed by atoms with Gasteiger partial charge in [0.25, 0.3) is 0 Å². The Morgan fingerprint density at radius 2 is 2.21 bits per heavy atom. The van der Waals surface area contributed by atoms with Gasteiger partial charge in [-0.05, 0) is 31.2 Å². The summed E-state index contributed by atoms with van der Waals surface area (Å²) in [6.45, 7) is 7.18. The predicted molar refractivity (Wildman–Crippen MR) is 79.6 cm³/mol. The lowest BCUT2D eigenvalue weighted by Crippen LogP contribution is -2.25. The monoisotopic (exact) mass is 258 g/mol. The molecule has 0 saturated carbocycles. The fraction of sp³-hybridized carbons (Fsp3) is 0.438. The maximum Gasteiger partial charge on any atom is 0.121 e. The van der Waals surface area contributed by atoms with Crippen LogP contribution >= 0.6 is 0 Å². The van der Waals surface area contributed by atoms with E-state index in [0.717, 1.165) is 36.3 Å². The largest absolute Gasteiger partial charge is 0.493 e. The fourth-order valence-corrected chi connectivity index (χ4v) is 1.96. The predicted octanol–water partition coefficient (Wildman–Crippen LogP) is 3.25. The minimum Gasteiger partial charge on any atom is -0.493 e. The van der Waals surface area contributed by atoms with Gasteiger partial charge in [-0.1, -0.05) is 19.9 Å². The molecule has 1 N–H and O–H groups in total. The van der Waals surface area contributed by atoms with E-state index < -0.39 is 0 Å². The number of benzene rings is 1. The van der Waals surface area contributed by atoms with Gasteiger partial charge >= 0.3 is 0 Å². The molecule has 2 rings (SSSR count). The van der Waals surface area contributed by atoms with E-state index in [1.807, 2.05) is 24.4 Å². The van der Waals surface area contributed by atoms with Crippen molar-refractivity contribution in [1.82, 2.24) is 10.3 Å². The summed E-state index contributed by atoms with van der Waals surface area (Å²) < 4.78 is 5.83. The Bertz CT molecular complexity index is 513. The highest BCUT2D eigenvalue weighted by Crippen LogP contribution is 2.19. The lowest BCUT2D eigenvalue weighted by Gasteiger charge is -2.14. The Morgan fingerprint density at radius 3 is 3.05 bits per heavy atom. The number of nitrogens with one attached hydrogen (secondary N) is 1. The molecular weight excluding hydrogens is 236 g/mol. The molecule has 19 heavy (non-hydrogen) atoms. The number of hydrogen-bond donors (Lipinski definition) is 1. The van der Waals surface area contributed by atoms with Gasteiger partial charge in [-0.2, -0.15) is 0 Å². The Balaban J connectivity index is 1.87. The molecule has 1 atom stereocenters. The molecule has 2 aromatic rings. The highest BCUT2D eigenvalue weighted by Gasteiger charge is 2.03. The van der Waals surface area contributed by atoms with Crippen molar-refractivity contribution in [2.45, 2.75) is 20.3 Å². The quantitative estimate of drug-likeness (QED) is 0.774. The molecule has 0 saturated heterocycles. The standard InChI is InChI=1S/C16H22N2O/c1-3-8-17-11-13(2)12-19-15-7-6-14-5-4-9-18-16(14)10-15/h4-7,9-10,13,17H,3,8,11-12H2,1-2H3. The smallest absolute Gasteiger partial charge is 0.121 e. The molecule has 1 aromatic heterocycles. The SMILES string of the molecule is CCCNCC(C)COc1ccc2cccnc2c1. The molecular formula is C16H22N2O. The summed E-state index contributed by atoms with van der Waals surface area (Å²) in [5, 5.41) is 4.55. The number of ether oxygens (including phenoxy) is 1. The van der Waals surface area contributed by atoms with Crippen molar-refractivity contribution in [3.63, 3.8) is 0 Å². The van der Waals surface area contributed by atoms with Gasteiger partial charge in [-0.15, -0.1) is 0 Å². The number of rotatable bonds is 7. The van der Waals surface area contributed by atoms with Gasteiger partial charge in [0.15, 0.2) is 0 Å². The molecule has 0 aliphatic carbocycles. The van der Waals surface area contributed by atoms with E-state index in [4.69, 9.17) is 4.74 Å². The first-order chi connectivity index (χ1) is 9.29. The zero-order chi connectivity index (χ0) is 13.5. The molecule has 0 aliphatic heterocycles. The lowest BCUT2D eigenvalue weighted by atomic mass is 10.2. The third-order valence-corrected chi connectivity index (χ3v) is 3.03. The van der Waals surface area contributed by atoms with Crippen LogP contribution < -0.4 is 10.1 Å². The van der Waals surface area contributed by atoms with Crippen LogP contribution in [0.25, 0.3) is 10.9 Å². The van der Waals surface area contributed by atoms with Crippen molar-refractivity contribution < 1.29 is 4.74 Å². The first-order valence-electron chi connectivity index (χ1n) is 6.98. The highest BCUT2D eigenvalue weighted by atomic mass is 16.5. The molecule has 0 aliphatic rings. The van der Waals surface area contributed by atoms with E-state index >= 15 is 0 Å². The Kier molecular flexibility index (Phi) is 5.16. The molecule has 0 radical (unpaired) electrons. The average molecular weight is 258 g/mol. The third-order valence-electron chi connectivity index (χ3n) is 3.03. The van der Waals surface area contributed by atoms with E-state index in [0.29, 0.717) is 5.92 Å². The first-order valence-corrected chi connectivity index (χ1v) is 6.98. The highest BCUT2D eigenvalue weighted by molar-refractivity contribution is 5.79. The van der Waals surface area contributed by atoms with Crippen LogP contribution in [0, 0.1) is 5.92 Å². The molecule has 0 fully saturated rings. The minimum absolute atomic E-state index is 0.506. The van der Waals surface area contributed by atoms with Gasteiger partial charge in [-0.3, -0.25) is 4.98 Å². The van der Waals surface area contributed by atoms with Crippen LogP contribution in [0.15, 0.2) is 36.5 Å². The van der Waals surface area contributed by atoms with Crippen LogP contribution in [0.4, 0.5) is 0 Å². The fourth-order valence-electron chi connectivity index (χ4n) is 1.96. The van der Waals surface area contributed by atoms with E-state index in [1.54, 1.807) is 0 Å². The number of hydrogen-bond acceptors (Lipinski definition) is 3. The maximum atomic E-state index is 5.83. The first kappa shape index (κ1) is 13.8. The molecule has 3 nitrogen and oxygen atoms in total. The zero-order valence-electron chi connectivity index (χ0n) is 11.7. The molecule has 1 heterocycles. The van der Waals surface area contributed by atoms with Gasteiger partial charge in [-0.25, -0.2) is 0 Å². The van der Waals surface area contributed by atoms with E-state index in [9.17, 15) is 0 Å². The molecule has 0 spiro atoms. The van der Waals surface area contributed by atoms with Crippen LogP contribution in [-0.4, -0.2) is 24.7 Å². The van der Waals surface area contributed by atoms with Crippen molar-refractivity contribution in [3.05, 3.63) is 36.5 Å². The molecule has 102 valence electrons. The van der Waals surface area contributed by atoms with Gasteiger partial charge in [0.05, 0.1) is 12.1 Å². The van der Waals surface area contributed by atoms with Crippen LogP contribution in [0.5, 0.6) is 5.75 Å². The van der Waals surface area contributed by atoms with Gasteiger partial charge in [0.2, 0.25) is 0 Å². The lowest BCUT2D eigenvalue weighted by molar-refractivity contribution is 0.256. The van der Waals surface area contributed by atoms with Crippen molar-refractivity contribution in [2.24, 2.45) is 5.92 Å². The normalized spacial score (nSPS) is 12.5. The summed E-state index contributed by atoms with van der Waals surface area (Å²) >= 11 is 0. The Morgan fingerprint density at radius 1 is 1.32 bits per heavy atom. The molecule has 1 aromatic carbocycles. The van der Waals surface area contributed by atoms with Gasteiger partial charge in [0.1, 0.15) is 5.75 Å². The second kappa shape index (κ2) is 7.10. The number of pyridine rings is 1. The van der Waals surface area contributed by atoms with Crippen molar-refractivity contribution in [3.8, 4) is 5.75 Å². The summed E-state index contributed by atoms with van der Waals surface area (Å²) in [4.78, 5) is 4.34. The van der Waals surface area contributed by atoms with Gasteiger partial charge in [0, 0.05) is 30.1 Å². The van der Waals surface area contributed by atoms with Crippen molar-refractivity contribution in [1.29, 1.82) is 0 Å². The van der Waals surface area contributed by atoms with Crippen LogP contribution in [-0.2, 0) is 0 Å². The molecule has 1 unspecified atom stereocenters. The summed E-state index contributed by atoms with van der Waals surface area (Å²) in [6, 6.07) is 10.1. The van der Waals surface area contributed by atoms with Crippen molar-refractivity contribution in [2.75, 3.05) is 19.7 Å². The summed E-state index contributed by atoms with van der Waals surface area (Å²) in [7, 11) is 0. The zero-order valence-corrected chi connectivity index (χ0v) is 11.7. The molecule has 0 bridgehead atoms. The molecule has 0 amide bonds. The van der Waals surface area contributed by atoms with E-state index in [1.165, 1.54) is 6.42 Å². The van der Waals surface area contributed by atoms with Crippen molar-refractivity contribution >= 4 is 10.9 Å². The number of nitrogens with zero attached hydrogens (tertiary/aromatic N) is 1. The summed E-state index contributed by atoms with van der Waals surface area (Å²) in [6.07, 6.45) is 2.98. The second-order valence-corrected chi connectivity index (χ2v) is 4.98. The number of aromatic nitrogens is 1. The van der Waals surface area contributed by atoms with Gasteiger partial charge < -0.3 is 10.1 Å². The van der Waals surface area contributed by atoms with E-state index in [2.05, 4.69) is 36.3 Å². The van der Waals surface area contributed by atoms with Crippen LogP contribution in [0.2, 0.25) is 0 Å². The Hall–Kier alpha value is -1.61. The third kappa shape index (κ3) is 4.21. The van der Waals surface area contributed by atoms with Crippen LogP contribution in [0.3, 0.4) is 0 Å². The summed E-state index contributed by atoms with van der Waals surface area (Å²) in [5.74, 6) is 1.40. The maximum absolute atomic E-state index is 5.83. The number of fused-ring (bicyclic) bond motifs is 1. The summed E-state index contributed by atoms with van der Waals surface area (Å²) in [5.41, 5.74) is 0.983. The Labute approximate surface area is 115 Å². The van der Waals surface area contributed by atoms with E-state index in [-0.39, 0.29) is 0 Å².